The number of alkyl halides is 1. The summed E-state index contributed by atoms with van der Waals surface area (Å²) in [6.07, 6.45) is 4.19. The normalized spacial score (nSPS) is 13.4. The van der Waals surface area contributed by atoms with Crippen molar-refractivity contribution < 1.29 is 0 Å². The molecular weight excluding hydrogens is 250 g/mol. The highest BCUT2D eigenvalue weighted by Gasteiger charge is 2.17. The molecule has 18 heavy (non-hydrogen) atoms. The van der Waals surface area contributed by atoms with Gasteiger partial charge in [-0.1, -0.05) is 20.8 Å². The Morgan fingerprint density at radius 1 is 1.50 bits per heavy atom. The fourth-order valence-corrected chi connectivity index (χ4v) is 2.30. The molecule has 1 unspecified atom stereocenters. The number of nitrogens with one attached hydrogen (secondary N) is 1. The van der Waals surface area contributed by atoms with Gasteiger partial charge < -0.3 is 9.88 Å². The summed E-state index contributed by atoms with van der Waals surface area (Å²) in [4.78, 5) is 15.9. The van der Waals surface area contributed by atoms with Gasteiger partial charge in [-0.25, -0.2) is 4.98 Å². The molecule has 0 bridgehead atoms. The first-order valence-corrected chi connectivity index (χ1v) is 6.70. The van der Waals surface area contributed by atoms with E-state index in [0.717, 1.165) is 6.42 Å². The second-order valence-electron chi connectivity index (χ2n) is 5.61. The Labute approximate surface area is 113 Å². The van der Waals surface area contributed by atoms with Gasteiger partial charge in [-0.3, -0.25) is 4.79 Å². The van der Waals surface area contributed by atoms with Crippen LogP contribution in [0.5, 0.6) is 0 Å². The smallest absolute Gasteiger partial charge is 0.293 e. The van der Waals surface area contributed by atoms with Gasteiger partial charge in [0, 0.05) is 25.5 Å². The van der Waals surface area contributed by atoms with E-state index >= 15 is 0 Å². The van der Waals surface area contributed by atoms with E-state index in [1.54, 1.807) is 17.0 Å². The number of hydrogen-bond acceptors (Lipinski definition) is 3. The summed E-state index contributed by atoms with van der Waals surface area (Å²) in [7, 11) is 0. The van der Waals surface area contributed by atoms with Gasteiger partial charge in [-0.05, 0) is 18.8 Å². The van der Waals surface area contributed by atoms with Crippen molar-refractivity contribution in [3.63, 3.8) is 0 Å². The summed E-state index contributed by atoms with van der Waals surface area (Å²) < 4.78 is 1.61. The average molecular weight is 272 g/mol. The highest BCUT2D eigenvalue weighted by Crippen LogP contribution is 2.23. The lowest BCUT2D eigenvalue weighted by molar-refractivity contribution is 0.373. The fourth-order valence-electron chi connectivity index (χ4n) is 1.76. The second-order valence-corrected chi connectivity index (χ2v) is 6.23. The third kappa shape index (κ3) is 4.69. The van der Waals surface area contributed by atoms with E-state index in [0.29, 0.717) is 18.9 Å². The topological polar surface area (TPSA) is 46.9 Å². The van der Waals surface area contributed by atoms with E-state index in [-0.39, 0.29) is 16.4 Å². The molecule has 0 saturated heterocycles. The summed E-state index contributed by atoms with van der Waals surface area (Å²) >= 11 is 6.24. The molecule has 0 aliphatic heterocycles. The molecule has 0 aliphatic carbocycles. The Morgan fingerprint density at radius 3 is 2.72 bits per heavy atom. The number of hydrogen-bond donors (Lipinski definition) is 1. The molecule has 102 valence electrons. The minimum atomic E-state index is -0.0976. The van der Waals surface area contributed by atoms with E-state index in [1.807, 2.05) is 6.92 Å². The molecule has 1 rings (SSSR count). The lowest BCUT2D eigenvalue weighted by Crippen LogP contribution is -2.27. The maximum absolute atomic E-state index is 11.9. The number of anilines is 1. The van der Waals surface area contributed by atoms with Crippen LogP contribution < -0.4 is 10.9 Å². The van der Waals surface area contributed by atoms with Crippen LogP contribution in [0.4, 0.5) is 5.82 Å². The molecular formula is C13H22ClN3O. The van der Waals surface area contributed by atoms with Crippen molar-refractivity contribution in [2.45, 2.75) is 46.0 Å². The average Bonchev–Trinajstić information content (AvgIpc) is 2.25. The van der Waals surface area contributed by atoms with Gasteiger partial charge in [0.1, 0.15) is 0 Å². The number of nitrogens with zero attached hydrogens (tertiary/aromatic N) is 2. The first-order chi connectivity index (χ1) is 8.33. The molecule has 1 aromatic heterocycles. The van der Waals surface area contributed by atoms with E-state index in [2.05, 4.69) is 31.1 Å². The van der Waals surface area contributed by atoms with Crippen molar-refractivity contribution in [3.05, 3.63) is 22.7 Å². The molecule has 0 aliphatic rings. The maximum Gasteiger partial charge on any atom is 0.293 e. The summed E-state index contributed by atoms with van der Waals surface area (Å²) in [5.74, 6) is 0.374. The van der Waals surface area contributed by atoms with Crippen LogP contribution in [0, 0.1) is 5.41 Å². The van der Waals surface area contributed by atoms with Crippen molar-refractivity contribution in [1.29, 1.82) is 0 Å². The van der Waals surface area contributed by atoms with Gasteiger partial charge in [-0.2, -0.15) is 0 Å². The molecule has 1 N–H and O–H groups in total. The first-order valence-electron chi connectivity index (χ1n) is 6.27. The number of rotatable bonds is 5. The number of halogens is 1. The van der Waals surface area contributed by atoms with Crippen molar-refractivity contribution >= 4 is 17.4 Å². The Balaban J connectivity index is 2.62. The Morgan fingerprint density at radius 2 is 2.17 bits per heavy atom. The lowest BCUT2D eigenvalue weighted by Gasteiger charge is -2.22. The molecule has 1 heterocycles. The SMILES string of the molecule is CCn1ccnc(NCC(Cl)CC(C)(C)C)c1=O. The number of aryl methyl sites for hydroxylation is 1. The fraction of sp³-hybridized carbons (Fsp3) is 0.692. The molecule has 0 amide bonds. The van der Waals surface area contributed by atoms with Crippen LogP contribution in [0.25, 0.3) is 0 Å². The molecule has 0 radical (unpaired) electrons. The van der Waals surface area contributed by atoms with Crippen LogP contribution in [0.1, 0.15) is 34.1 Å². The van der Waals surface area contributed by atoms with Gasteiger partial charge >= 0.3 is 0 Å². The zero-order chi connectivity index (χ0) is 13.8. The third-order valence-electron chi connectivity index (χ3n) is 2.58. The zero-order valence-corrected chi connectivity index (χ0v) is 12.3. The largest absolute Gasteiger partial charge is 0.364 e. The molecule has 1 atom stereocenters. The highest BCUT2D eigenvalue weighted by molar-refractivity contribution is 6.20. The summed E-state index contributed by atoms with van der Waals surface area (Å²) in [5.41, 5.74) is 0.0848. The van der Waals surface area contributed by atoms with E-state index < -0.39 is 0 Å². The minimum absolute atomic E-state index is 0.0125. The molecule has 0 saturated carbocycles. The summed E-state index contributed by atoms with van der Waals surface area (Å²) in [5, 5.41) is 3.02. The van der Waals surface area contributed by atoms with Crippen molar-refractivity contribution in [3.8, 4) is 0 Å². The monoisotopic (exact) mass is 271 g/mol. The van der Waals surface area contributed by atoms with Gasteiger partial charge in [0.15, 0.2) is 5.82 Å². The van der Waals surface area contributed by atoms with E-state index in [9.17, 15) is 4.79 Å². The highest BCUT2D eigenvalue weighted by atomic mass is 35.5. The Bertz CT molecular complexity index is 437. The maximum atomic E-state index is 11.9. The quantitative estimate of drug-likeness (QED) is 0.838. The van der Waals surface area contributed by atoms with Gasteiger partial charge in [0.05, 0.1) is 5.38 Å². The molecule has 4 nitrogen and oxygen atoms in total. The predicted molar refractivity (Wildman–Crippen MR) is 76.4 cm³/mol. The Kier molecular flexibility index (Phi) is 5.20. The molecule has 1 aromatic rings. The van der Waals surface area contributed by atoms with Crippen LogP contribution in [-0.2, 0) is 6.54 Å². The molecule has 0 aromatic carbocycles. The van der Waals surface area contributed by atoms with Crippen LogP contribution in [0.3, 0.4) is 0 Å². The zero-order valence-electron chi connectivity index (χ0n) is 11.5. The van der Waals surface area contributed by atoms with Gasteiger partial charge in [0.2, 0.25) is 0 Å². The van der Waals surface area contributed by atoms with E-state index in [4.69, 9.17) is 11.6 Å². The summed E-state index contributed by atoms with van der Waals surface area (Å²) in [6.45, 7) is 9.56. The van der Waals surface area contributed by atoms with Crippen molar-refractivity contribution in [2.24, 2.45) is 5.41 Å². The minimum Gasteiger partial charge on any atom is -0.364 e. The molecule has 0 fully saturated rings. The third-order valence-corrected chi connectivity index (χ3v) is 2.89. The molecule has 0 spiro atoms. The van der Waals surface area contributed by atoms with Gasteiger partial charge in [-0.15, -0.1) is 11.6 Å². The summed E-state index contributed by atoms with van der Waals surface area (Å²) in [6, 6.07) is 0. The Hall–Kier alpha value is -1.03. The van der Waals surface area contributed by atoms with E-state index in [1.165, 1.54) is 0 Å². The van der Waals surface area contributed by atoms with Gasteiger partial charge in [0.25, 0.3) is 5.56 Å². The van der Waals surface area contributed by atoms with Crippen LogP contribution in [-0.4, -0.2) is 21.5 Å². The first kappa shape index (κ1) is 15.0. The van der Waals surface area contributed by atoms with Crippen LogP contribution in [0.2, 0.25) is 0 Å². The second kappa shape index (κ2) is 6.23. The predicted octanol–water partition coefficient (Wildman–Crippen LogP) is 2.72. The standard InChI is InChI=1S/C13H22ClN3O/c1-5-17-7-6-15-11(12(17)18)16-9-10(14)8-13(2,3)4/h6-7,10H,5,8-9H2,1-4H3,(H,15,16). The number of aromatic nitrogens is 2. The van der Waals surface area contributed by atoms with Crippen LogP contribution in [0.15, 0.2) is 17.2 Å². The van der Waals surface area contributed by atoms with Crippen molar-refractivity contribution in [2.75, 3.05) is 11.9 Å². The van der Waals surface area contributed by atoms with Crippen LogP contribution >= 0.6 is 11.6 Å². The lowest BCUT2D eigenvalue weighted by atomic mass is 9.90. The van der Waals surface area contributed by atoms with Crippen molar-refractivity contribution in [1.82, 2.24) is 9.55 Å². The molecule has 5 heteroatoms.